The number of amides is 1. The molecule has 0 spiro atoms. The Morgan fingerprint density at radius 2 is 2.13 bits per heavy atom. The Morgan fingerprint density at radius 3 is 2.74 bits per heavy atom. The number of nitrogens with one attached hydrogen (secondary N) is 2. The van der Waals surface area contributed by atoms with E-state index in [1.165, 1.54) is 10.9 Å². The molecule has 0 unspecified atom stereocenters. The first kappa shape index (κ1) is 17.6. The highest BCUT2D eigenvalue weighted by molar-refractivity contribution is 6.32. The van der Waals surface area contributed by atoms with Gasteiger partial charge in [-0.05, 0) is 39.5 Å². The highest BCUT2D eigenvalue weighted by Crippen LogP contribution is 2.30. The SMILES string of the molecule is CC(C)(C)OC(=O)NCCNc1c(Cl)cnn(CC2CC2)c1=O. The van der Waals surface area contributed by atoms with E-state index in [-0.39, 0.29) is 10.6 Å². The molecule has 8 heteroatoms. The Balaban J connectivity index is 1.85. The van der Waals surface area contributed by atoms with E-state index in [0.717, 1.165) is 12.8 Å². The number of carbonyl (C=O) groups excluding carboxylic acids is 1. The third-order valence-electron chi connectivity index (χ3n) is 3.22. The second kappa shape index (κ2) is 7.21. The Morgan fingerprint density at radius 1 is 1.43 bits per heavy atom. The molecule has 23 heavy (non-hydrogen) atoms. The number of rotatable bonds is 6. The zero-order valence-electron chi connectivity index (χ0n) is 13.7. The monoisotopic (exact) mass is 342 g/mol. The lowest BCUT2D eigenvalue weighted by Gasteiger charge is -2.19. The van der Waals surface area contributed by atoms with Gasteiger partial charge in [-0.15, -0.1) is 0 Å². The normalized spacial score (nSPS) is 14.4. The second-order valence-electron chi connectivity index (χ2n) is 6.65. The summed E-state index contributed by atoms with van der Waals surface area (Å²) in [4.78, 5) is 23.8. The molecule has 1 heterocycles. The number of ether oxygens (including phenoxy) is 1. The van der Waals surface area contributed by atoms with Gasteiger partial charge in [-0.1, -0.05) is 11.6 Å². The predicted molar refractivity (Wildman–Crippen MR) is 89.0 cm³/mol. The molecule has 0 radical (unpaired) electrons. The van der Waals surface area contributed by atoms with Crippen LogP contribution in [0.25, 0.3) is 0 Å². The summed E-state index contributed by atoms with van der Waals surface area (Å²) >= 11 is 6.03. The van der Waals surface area contributed by atoms with Crippen molar-refractivity contribution in [2.24, 2.45) is 5.92 Å². The fraction of sp³-hybridized carbons (Fsp3) is 0.667. The third-order valence-corrected chi connectivity index (χ3v) is 3.51. The summed E-state index contributed by atoms with van der Waals surface area (Å²) < 4.78 is 6.57. The van der Waals surface area contributed by atoms with Gasteiger partial charge in [-0.2, -0.15) is 5.10 Å². The van der Waals surface area contributed by atoms with Gasteiger partial charge in [-0.25, -0.2) is 9.48 Å². The first-order valence-corrected chi connectivity index (χ1v) is 8.10. The number of hydrogen-bond acceptors (Lipinski definition) is 5. The van der Waals surface area contributed by atoms with Gasteiger partial charge >= 0.3 is 6.09 Å². The van der Waals surface area contributed by atoms with Gasteiger partial charge in [0, 0.05) is 19.6 Å². The number of alkyl carbamates (subject to hydrolysis) is 1. The molecule has 1 aliphatic carbocycles. The lowest BCUT2D eigenvalue weighted by Crippen LogP contribution is -2.35. The maximum Gasteiger partial charge on any atom is 0.407 e. The molecular formula is C15H23ClN4O3. The molecule has 0 aromatic carbocycles. The molecule has 0 atom stereocenters. The summed E-state index contributed by atoms with van der Waals surface area (Å²) in [5.74, 6) is 0.545. The van der Waals surface area contributed by atoms with Crippen LogP contribution in [0.4, 0.5) is 10.5 Å². The molecule has 1 aromatic rings. The van der Waals surface area contributed by atoms with Crippen molar-refractivity contribution in [1.82, 2.24) is 15.1 Å². The van der Waals surface area contributed by atoms with E-state index >= 15 is 0 Å². The first-order chi connectivity index (χ1) is 10.8. The van der Waals surface area contributed by atoms with Gasteiger partial charge in [0.25, 0.3) is 5.56 Å². The molecule has 7 nitrogen and oxygen atoms in total. The van der Waals surface area contributed by atoms with Crippen LogP contribution in [-0.2, 0) is 11.3 Å². The van der Waals surface area contributed by atoms with E-state index in [1.54, 1.807) is 20.8 Å². The fourth-order valence-corrected chi connectivity index (χ4v) is 2.16. The van der Waals surface area contributed by atoms with E-state index in [2.05, 4.69) is 15.7 Å². The molecular weight excluding hydrogens is 320 g/mol. The Kier molecular flexibility index (Phi) is 5.51. The van der Waals surface area contributed by atoms with Gasteiger partial charge in [0.15, 0.2) is 0 Å². The maximum atomic E-state index is 12.3. The Labute approximate surface area is 140 Å². The van der Waals surface area contributed by atoms with E-state index < -0.39 is 11.7 Å². The van der Waals surface area contributed by atoms with E-state index in [9.17, 15) is 9.59 Å². The van der Waals surface area contributed by atoms with Gasteiger partial charge in [-0.3, -0.25) is 4.79 Å². The Hall–Kier alpha value is -1.76. The lowest BCUT2D eigenvalue weighted by molar-refractivity contribution is 0.0530. The number of nitrogens with zero attached hydrogens (tertiary/aromatic N) is 2. The van der Waals surface area contributed by atoms with Crippen LogP contribution in [0.15, 0.2) is 11.0 Å². The molecule has 1 amide bonds. The summed E-state index contributed by atoms with van der Waals surface area (Å²) in [6, 6.07) is 0. The minimum absolute atomic E-state index is 0.235. The Bertz CT molecular complexity index is 620. The topological polar surface area (TPSA) is 85.2 Å². The molecule has 2 N–H and O–H groups in total. The van der Waals surface area contributed by atoms with Crippen molar-refractivity contribution >= 4 is 23.4 Å². The van der Waals surface area contributed by atoms with Gasteiger partial charge in [0.05, 0.1) is 11.2 Å². The van der Waals surface area contributed by atoms with Crippen molar-refractivity contribution in [3.8, 4) is 0 Å². The zero-order valence-corrected chi connectivity index (χ0v) is 14.4. The van der Waals surface area contributed by atoms with Crippen molar-refractivity contribution in [2.75, 3.05) is 18.4 Å². The van der Waals surface area contributed by atoms with Crippen LogP contribution in [0.5, 0.6) is 0 Å². The van der Waals surface area contributed by atoms with Gasteiger partial charge in [0.1, 0.15) is 11.3 Å². The van der Waals surface area contributed by atoms with Crippen LogP contribution in [0, 0.1) is 5.92 Å². The summed E-state index contributed by atoms with van der Waals surface area (Å²) in [6.07, 6.45) is 3.25. The maximum absolute atomic E-state index is 12.3. The minimum Gasteiger partial charge on any atom is -0.444 e. The van der Waals surface area contributed by atoms with Gasteiger partial charge < -0.3 is 15.4 Å². The highest BCUT2D eigenvalue weighted by Gasteiger charge is 2.23. The average Bonchev–Trinajstić information content (AvgIpc) is 3.23. The van der Waals surface area contributed by atoms with Crippen LogP contribution in [0.1, 0.15) is 33.6 Å². The third kappa shape index (κ3) is 5.74. The van der Waals surface area contributed by atoms with Crippen molar-refractivity contribution in [3.05, 3.63) is 21.6 Å². The quantitative estimate of drug-likeness (QED) is 0.774. The van der Waals surface area contributed by atoms with E-state index in [0.29, 0.717) is 31.2 Å². The van der Waals surface area contributed by atoms with E-state index in [1.807, 2.05) is 0 Å². The van der Waals surface area contributed by atoms with E-state index in [4.69, 9.17) is 16.3 Å². The summed E-state index contributed by atoms with van der Waals surface area (Å²) in [6.45, 7) is 6.69. The number of aromatic nitrogens is 2. The average molecular weight is 343 g/mol. The van der Waals surface area contributed by atoms with Crippen molar-refractivity contribution in [2.45, 2.75) is 45.8 Å². The molecule has 0 bridgehead atoms. The predicted octanol–water partition coefficient (Wildman–Crippen LogP) is 2.24. The zero-order chi connectivity index (χ0) is 17.0. The molecule has 1 fully saturated rings. The molecule has 1 aliphatic rings. The van der Waals surface area contributed by atoms with Gasteiger partial charge in [0.2, 0.25) is 0 Å². The smallest absolute Gasteiger partial charge is 0.407 e. The largest absolute Gasteiger partial charge is 0.444 e. The summed E-state index contributed by atoms with van der Waals surface area (Å²) in [5.41, 5.74) is -0.461. The minimum atomic E-state index is -0.539. The van der Waals surface area contributed by atoms with Crippen LogP contribution >= 0.6 is 11.6 Å². The van der Waals surface area contributed by atoms with Crippen LogP contribution < -0.4 is 16.2 Å². The highest BCUT2D eigenvalue weighted by atomic mass is 35.5. The van der Waals surface area contributed by atoms with Crippen molar-refractivity contribution in [1.29, 1.82) is 0 Å². The second-order valence-corrected chi connectivity index (χ2v) is 7.06. The molecule has 1 saturated carbocycles. The summed E-state index contributed by atoms with van der Waals surface area (Å²) in [5, 5.41) is 9.91. The molecule has 128 valence electrons. The number of hydrogen-bond donors (Lipinski definition) is 2. The lowest BCUT2D eigenvalue weighted by atomic mass is 10.2. The standard InChI is InChI=1S/C15H23ClN4O3/c1-15(2,3)23-14(22)18-7-6-17-12-11(16)8-19-20(13(12)21)9-10-4-5-10/h8,10,17H,4-7,9H2,1-3H3,(H,18,22). The van der Waals surface area contributed by atoms with Crippen molar-refractivity contribution < 1.29 is 9.53 Å². The van der Waals surface area contributed by atoms with Crippen LogP contribution in [-0.4, -0.2) is 34.6 Å². The molecule has 0 saturated heterocycles. The van der Waals surface area contributed by atoms with Crippen molar-refractivity contribution in [3.63, 3.8) is 0 Å². The number of anilines is 1. The summed E-state index contributed by atoms with van der Waals surface area (Å²) in [7, 11) is 0. The number of halogens is 1. The molecule has 2 rings (SSSR count). The van der Waals surface area contributed by atoms with Crippen LogP contribution in [0.3, 0.4) is 0 Å². The number of carbonyl (C=O) groups is 1. The molecule has 1 aromatic heterocycles. The molecule has 0 aliphatic heterocycles. The van der Waals surface area contributed by atoms with Crippen LogP contribution in [0.2, 0.25) is 5.02 Å². The fourth-order valence-electron chi connectivity index (χ4n) is 1.97. The first-order valence-electron chi connectivity index (χ1n) is 7.72.